The average Bonchev–Trinajstić information content (AvgIpc) is 3.02. The van der Waals surface area contributed by atoms with Crippen LogP contribution in [0.1, 0.15) is 67.1 Å². The van der Waals surface area contributed by atoms with Crippen molar-refractivity contribution in [2.24, 2.45) is 0 Å². The zero-order valence-electron chi connectivity index (χ0n) is 13.9. The molecule has 0 radical (unpaired) electrons. The number of nitrogens with one attached hydrogen (secondary N) is 1. The van der Waals surface area contributed by atoms with Gasteiger partial charge in [-0.2, -0.15) is 0 Å². The molecule has 0 atom stereocenters. The minimum Gasteiger partial charge on any atom is -0.417 e. The maximum absolute atomic E-state index is 13.8. The Morgan fingerprint density at radius 1 is 1.20 bits per heavy atom. The number of nitrogens with zero attached hydrogens (tertiary/aromatic N) is 2. The van der Waals surface area contributed by atoms with E-state index in [1.54, 1.807) is 6.07 Å². The summed E-state index contributed by atoms with van der Waals surface area (Å²) in [6.45, 7) is 0. The van der Waals surface area contributed by atoms with Crippen LogP contribution < -0.4 is 5.32 Å². The van der Waals surface area contributed by atoms with Crippen LogP contribution in [0.3, 0.4) is 0 Å². The van der Waals surface area contributed by atoms with Gasteiger partial charge in [0.2, 0.25) is 5.89 Å². The van der Waals surface area contributed by atoms with Gasteiger partial charge in [-0.15, -0.1) is 10.2 Å². The lowest BCUT2D eigenvalue weighted by molar-refractivity contribution is 0.0893. The topological polar surface area (TPSA) is 68.0 Å². The highest BCUT2D eigenvalue weighted by atomic mass is 35.5. The second kappa shape index (κ2) is 8.43. The molecule has 1 N–H and O–H groups in total. The van der Waals surface area contributed by atoms with E-state index in [2.05, 4.69) is 15.5 Å². The summed E-state index contributed by atoms with van der Waals surface area (Å²) >= 11 is 6.00. The Morgan fingerprint density at radius 3 is 2.64 bits per heavy atom. The second-order valence-corrected chi connectivity index (χ2v) is 6.80. The summed E-state index contributed by atoms with van der Waals surface area (Å²) in [4.78, 5) is 12.3. The van der Waals surface area contributed by atoms with E-state index in [9.17, 15) is 9.18 Å². The quantitative estimate of drug-likeness (QED) is 0.877. The number of hydrogen-bond donors (Lipinski definition) is 1. The minimum atomic E-state index is -0.439. The SMILES string of the molecule is O=C(NC1CCCCCCC1)c1nnc(Cc2c(F)cccc2Cl)o1. The summed E-state index contributed by atoms with van der Waals surface area (Å²) in [5.74, 6) is -0.741. The van der Waals surface area contributed by atoms with Crippen LogP contribution in [0.15, 0.2) is 22.6 Å². The summed E-state index contributed by atoms with van der Waals surface area (Å²) in [7, 11) is 0. The molecule has 7 heteroatoms. The van der Waals surface area contributed by atoms with Gasteiger partial charge in [0.05, 0.1) is 6.42 Å². The lowest BCUT2D eigenvalue weighted by Crippen LogP contribution is -2.35. The molecule has 1 saturated carbocycles. The van der Waals surface area contributed by atoms with E-state index in [1.165, 1.54) is 31.4 Å². The first-order valence-electron chi connectivity index (χ1n) is 8.69. The van der Waals surface area contributed by atoms with Gasteiger partial charge in [0, 0.05) is 16.6 Å². The van der Waals surface area contributed by atoms with Gasteiger partial charge in [0.1, 0.15) is 5.82 Å². The predicted octanol–water partition coefficient (Wildman–Crippen LogP) is 4.30. The molecule has 0 unspecified atom stereocenters. The van der Waals surface area contributed by atoms with Crippen LogP contribution >= 0.6 is 11.6 Å². The highest BCUT2D eigenvalue weighted by Crippen LogP contribution is 2.22. The van der Waals surface area contributed by atoms with Crippen molar-refractivity contribution in [1.29, 1.82) is 0 Å². The fourth-order valence-electron chi connectivity index (χ4n) is 3.12. The maximum atomic E-state index is 13.8. The molecule has 1 heterocycles. The van der Waals surface area contributed by atoms with E-state index < -0.39 is 5.82 Å². The van der Waals surface area contributed by atoms with Gasteiger partial charge < -0.3 is 9.73 Å². The van der Waals surface area contributed by atoms with E-state index in [0.717, 1.165) is 25.7 Å². The summed E-state index contributed by atoms with van der Waals surface area (Å²) in [6, 6.07) is 4.59. The van der Waals surface area contributed by atoms with Gasteiger partial charge in [-0.05, 0) is 25.0 Å². The molecule has 1 fully saturated rings. The summed E-state index contributed by atoms with van der Waals surface area (Å²) in [5.41, 5.74) is 0.278. The number of carbonyl (C=O) groups excluding carboxylic acids is 1. The van der Waals surface area contributed by atoms with Gasteiger partial charge in [-0.25, -0.2) is 4.39 Å². The van der Waals surface area contributed by atoms with Gasteiger partial charge in [0.25, 0.3) is 0 Å². The van der Waals surface area contributed by atoms with E-state index in [-0.39, 0.29) is 35.7 Å². The fourth-order valence-corrected chi connectivity index (χ4v) is 3.35. The van der Waals surface area contributed by atoms with Crippen molar-refractivity contribution in [1.82, 2.24) is 15.5 Å². The molecule has 1 aliphatic rings. The number of amides is 1. The zero-order chi connectivity index (χ0) is 17.6. The highest BCUT2D eigenvalue weighted by molar-refractivity contribution is 6.31. The lowest BCUT2D eigenvalue weighted by Gasteiger charge is -2.19. The van der Waals surface area contributed by atoms with Crippen molar-refractivity contribution in [2.45, 2.75) is 57.4 Å². The highest BCUT2D eigenvalue weighted by Gasteiger charge is 2.20. The van der Waals surface area contributed by atoms with Crippen LogP contribution in [0.4, 0.5) is 4.39 Å². The molecule has 2 aromatic rings. The predicted molar refractivity (Wildman–Crippen MR) is 92.1 cm³/mol. The molecule has 1 amide bonds. The van der Waals surface area contributed by atoms with Crippen LogP contribution in [-0.4, -0.2) is 22.1 Å². The maximum Gasteiger partial charge on any atom is 0.309 e. The minimum absolute atomic E-state index is 0.0508. The van der Waals surface area contributed by atoms with Crippen molar-refractivity contribution in [3.8, 4) is 0 Å². The largest absolute Gasteiger partial charge is 0.417 e. The Morgan fingerprint density at radius 2 is 1.92 bits per heavy atom. The van der Waals surface area contributed by atoms with Crippen LogP contribution in [0.2, 0.25) is 5.02 Å². The number of benzene rings is 1. The lowest BCUT2D eigenvalue weighted by atomic mass is 9.97. The van der Waals surface area contributed by atoms with Crippen LogP contribution in [-0.2, 0) is 6.42 Å². The number of carbonyl (C=O) groups is 1. The Labute approximate surface area is 151 Å². The normalized spacial score (nSPS) is 16.2. The van der Waals surface area contributed by atoms with Crippen molar-refractivity contribution in [2.75, 3.05) is 0 Å². The number of hydrogen-bond acceptors (Lipinski definition) is 4. The average molecular weight is 366 g/mol. The van der Waals surface area contributed by atoms with Crippen LogP contribution in [0.5, 0.6) is 0 Å². The molecule has 0 aliphatic heterocycles. The summed E-state index contributed by atoms with van der Waals surface area (Å²) < 4.78 is 19.2. The third-order valence-corrected chi connectivity index (χ3v) is 4.85. The molecule has 0 spiro atoms. The zero-order valence-corrected chi connectivity index (χ0v) is 14.7. The fraction of sp³-hybridized carbons (Fsp3) is 0.500. The Hall–Kier alpha value is -1.95. The van der Waals surface area contributed by atoms with Gasteiger partial charge in [-0.3, -0.25) is 4.79 Å². The van der Waals surface area contributed by atoms with Crippen molar-refractivity contribution in [3.63, 3.8) is 0 Å². The summed E-state index contributed by atoms with van der Waals surface area (Å²) in [5, 5.41) is 10.9. The first-order valence-corrected chi connectivity index (χ1v) is 9.07. The second-order valence-electron chi connectivity index (χ2n) is 6.39. The monoisotopic (exact) mass is 365 g/mol. The molecule has 3 rings (SSSR count). The van der Waals surface area contributed by atoms with Crippen LogP contribution in [0.25, 0.3) is 0 Å². The molecule has 0 saturated heterocycles. The summed E-state index contributed by atoms with van der Waals surface area (Å²) in [6.07, 6.45) is 7.91. The third kappa shape index (κ3) is 4.78. The Bertz CT molecular complexity index is 707. The van der Waals surface area contributed by atoms with E-state index in [0.29, 0.717) is 5.02 Å². The number of aromatic nitrogens is 2. The molecule has 5 nitrogen and oxygen atoms in total. The van der Waals surface area contributed by atoms with Gasteiger partial charge in [-0.1, -0.05) is 49.8 Å². The smallest absolute Gasteiger partial charge is 0.309 e. The van der Waals surface area contributed by atoms with E-state index in [4.69, 9.17) is 16.0 Å². The van der Waals surface area contributed by atoms with E-state index >= 15 is 0 Å². The molecule has 134 valence electrons. The Balaban J connectivity index is 1.63. The Kier molecular flexibility index (Phi) is 6.02. The first kappa shape index (κ1) is 17.9. The first-order chi connectivity index (χ1) is 12.1. The third-order valence-electron chi connectivity index (χ3n) is 4.49. The van der Waals surface area contributed by atoms with Crippen molar-refractivity contribution >= 4 is 17.5 Å². The molecule has 1 aromatic heterocycles. The number of rotatable bonds is 4. The molecule has 1 aliphatic carbocycles. The molecular weight excluding hydrogens is 345 g/mol. The molecule has 0 bridgehead atoms. The molecule has 1 aromatic carbocycles. The standard InChI is InChI=1S/C18H21ClFN3O2/c19-14-9-6-10-15(20)13(14)11-16-22-23-18(25-16)17(24)21-12-7-4-2-1-3-5-8-12/h6,9-10,12H,1-5,7-8,11H2,(H,21,24). The molecule has 25 heavy (non-hydrogen) atoms. The van der Waals surface area contributed by atoms with E-state index in [1.807, 2.05) is 0 Å². The molecular formula is C18H21ClFN3O2. The van der Waals surface area contributed by atoms with Gasteiger partial charge in [0.15, 0.2) is 0 Å². The van der Waals surface area contributed by atoms with Crippen molar-refractivity contribution < 1.29 is 13.6 Å². The van der Waals surface area contributed by atoms with Crippen molar-refractivity contribution in [3.05, 3.63) is 46.4 Å². The van der Waals surface area contributed by atoms with Gasteiger partial charge >= 0.3 is 11.8 Å². The van der Waals surface area contributed by atoms with Crippen LogP contribution in [0, 0.1) is 5.82 Å². The number of halogens is 2.